The number of alkyl halides is 2. The van der Waals surface area contributed by atoms with Crippen molar-refractivity contribution in [2.75, 3.05) is 26.8 Å². The van der Waals surface area contributed by atoms with Crippen LogP contribution < -0.4 is 5.32 Å². The number of rotatable bonds is 8. The Hall–Kier alpha value is -0.590. The summed E-state index contributed by atoms with van der Waals surface area (Å²) in [5.41, 5.74) is 1.04. The molecule has 0 radical (unpaired) electrons. The summed E-state index contributed by atoms with van der Waals surface area (Å²) in [4.78, 5) is 4.38. The fraction of sp³-hybridized carbons (Fsp3) is 0.700. The lowest BCUT2D eigenvalue weighted by Gasteiger charge is -2.00. The fourth-order valence-corrected chi connectivity index (χ4v) is 1.98. The van der Waals surface area contributed by atoms with Crippen LogP contribution in [0.25, 0.3) is 0 Å². The largest absolute Gasteiger partial charge is 0.375 e. The molecule has 1 aromatic rings. The van der Waals surface area contributed by atoms with Gasteiger partial charge in [0.1, 0.15) is 6.61 Å². The Morgan fingerprint density at radius 2 is 2.31 bits per heavy atom. The normalized spacial score (nSPS) is 11.2. The Morgan fingerprint density at radius 1 is 1.50 bits per heavy atom. The number of nitrogens with zero attached hydrogens (tertiary/aromatic N) is 1. The van der Waals surface area contributed by atoms with Crippen molar-refractivity contribution >= 4 is 11.3 Å². The summed E-state index contributed by atoms with van der Waals surface area (Å²) in [6.07, 6.45) is -0.885. The predicted molar refractivity (Wildman–Crippen MR) is 60.3 cm³/mol. The Morgan fingerprint density at radius 3 is 3.00 bits per heavy atom. The number of nitrogens with one attached hydrogen (secondary N) is 1. The molecule has 0 aliphatic carbocycles. The molecule has 0 unspecified atom stereocenters. The minimum Gasteiger partial charge on any atom is -0.375 e. The number of likely N-dealkylation sites (N-methyl/N-ethyl adjacent to an activating group) is 1. The van der Waals surface area contributed by atoms with Crippen molar-refractivity contribution in [3.05, 3.63) is 16.1 Å². The molecular formula is C10H16F2N2OS. The maximum absolute atomic E-state index is 11.8. The van der Waals surface area contributed by atoms with Crippen molar-refractivity contribution in [2.24, 2.45) is 0 Å². The van der Waals surface area contributed by atoms with Crippen molar-refractivity contribution < 1.29 is 13.5 Å². The van der Waals surface area contributed by atoms with Gasteiger partial charge in [0.15, 0.2) is 0 Å². The van der Waals surface area contributed by atoms with Crippen LogP contribution in [0.2, 0.25) is 0 Å². The van der Waals surface area contributed by atoms with E-state index in [0.29, 0.717) is 13.0 Å². The van der Waals surface area contributed by atoms with Crippen LogP contribution in [-0.4, -0.2) is 38.2 Å². The smallest absolute Gasteiger partial charge is 0.261 e. The highest BCUT2D eigenvalue weighted by atomic mass is 32.1. The van der Waals surface area contributed by atoms with Crippen molar-refractivity contribution in [2.45, 2.75) is 19.3 Å². The lowest BCUT2D eigenvalue weighted by molar-refractivity contribution is 0.0187. The van der Waals surface area contributed by atoms with E-state index in [1.165, 1.54) is 0 Å². The van der Waals surface area contributed by atoms with Crippen LogP contribution in [0.15, 0.2) is 5.38 Å². The average molecular weight is 250 g/mol. The first kappa shape index (κ1) is 13.5. The van der Waals surface area contributed by atoms with Crippen LogP contribution in [0, 0.1) is 0 Å². The standard InChI is InChI=1S/C10H16F2N2OS/c1-13-4-2-8-7-16-10(14-8)3-5-15-6-9(11)12/h7,9,13H,2-6H2,1H3. The van der Waals surface area contributed by atoms with Crippen LogP contribution in [-0.2, 0) is 17.6 Å². The van der Waals surface area contributed by atoms with E-state index in [2.05, 4.69) is 10.3 Å². The van der Waals surface area contributed by atoms with Crippen molar-refractivity contribution in [1.29, 1.82) is 0 Å². The minimum absolute atomic E-state index is 0.309. The summed E-state index contributed by atoms with van der Waals surface area (Å²) in [5, 5.41) is 5.99. The molecule has 0 saturated carbocycles. The Labute approximate surface area is 97.8 Å². The van der Waals surface area contributed by atoms with Gasteiger partial charge in [-0.05, 0) is 7.05 Å². The molecule has 1 heterocycles. The number of aromatic nitrogens is 1. The third kappa shape index (κ3) is 5.48. The molecule has 92 valence electrons. The van der Waals surface area contributed by atoms with Gasteiger partial charge in [-0.15, -0.1) is 11.3 Å². The van der Waals surface area contributed by atoms with Gasteiger partial charge in [0.2, 0.25) is 0 Å². The van der Waals surface area contributed by atoms with Crippen molar-refractivity contribution in [3.8, 4) is 0 Å². The van der Waals surface area contributed by atoms with Gasteiger partial charge >= 0.3 is 0 Å². The molecule has 0 aliphatic heterocycles. The lowest BCUT2D eigenvalue weighted by Crippen LogP contribution is -2.10. The van der Waals surface area contributed by atoms with Gasteiger partial charge in [-0.25, -0.2) is 13.8 Å². The third-order valence-corrected chi connectivity index (χ3v) is 2.89. The van der Waals surface area contributed by atoms with E-state index in [9.17, 15) is 8.78 Å². The number of ether oxygens (including phenoxy) is 1. The van der Waals surface area contributed by atoms with Crippen LogP contribution in [0.4, 0.5) is 8.78 Å². The zero-order valence-electron chi connectivity index (χ0n) is 9.21. The second kappa shape index (κ2) is 7.65. The molecule has 0 bridgehead atoms. The molecular weight excluding hydrogens is 234 g/mol. The first-order valence-corrected chi connectivity index (χ1v) is 6.04. The second-order valence-electron chi connectivity index (χ2n) is 3.30. The summed E-state index contributed by atoms with van der Waals surface area (Å²) in [5.74, 6) is 0. The maximum Gasteiger partial charge on any atom is 0.261 e. The average Bonchev–Trinajstić information content (AvgIpc) is 2.69. The predicted octanol–water partition coefficient (Wildman–Crippen LogP) is 1.73. The van der Waals surface area contributed by atoms with Crippen LogP contribution in [0.5, 0.6) is 0 Å². The molecule has 0 saturated heterocycles. The highest BCUT2D eigenvalue weighted by molar-refractivity contribution is 7.09. The van der Waals surface area contributed by atoms with Gasteiger partial charge in [0.05, 0.1) is 17.3 Å². The van der Waals surface area contributed by atoms with Gasteiger partial charge < -0.3 is 10.1 Å². The van der Waals surface area contributed by atoms with Gasteiger partial charge in [-0.2, -0.15) is 0 Å². The highest BCUT2D eigenvalue weighted by Crippen LogP contribution is 2.11. The maximum atomic E-state index is 11.8. The number of thiazole rings is 1. The molecule has 0 fully saturated rings. The molecule has 0 aromatic carbocycles. The van der Waals surface area contributed by atoms with E-state index < -0.39 is 13.0 Å². The quantitative estimate of drug-likeness (QED) is 0.713. The summed E-state index contributed by atoms with van der Waals surface area (Å²) < 4.78 is 28.3. The summed E-state index contributed by atoms with van der Waals surface area (Å²) >= 11 is 1.55. The first-order valence-electron chi connectivity index (χ1n) is 5.16. The van der Waals surface area contributed by atoms with Gasteiger partial charge in [0.25, 0.3) is 6.43 Å². The van der Waals surface area contributed by atoms with E-state index in [0.717, 1.165) is 23.7 Å². The van der Waals surface area contributed by atoms with Crippen molar-refractivity contribution in [3.63, 3.8) is 0 Å². The SMILES string of the molecule is CNCCc1csc(CCOCC(F)F)n1. The van der Waals surface area contributed by atoms with Crippen molar-refractivity contribution in [1.82, 2.24) is 10.3 Å². The monoisotopic (exact) mass is 250 g/mol. The number of hydrogen-bond donors (Lipinski definition) is 1. The zero-order chi connectivity index (χ0) is 11.8. The van der Waals surface area contributed by atoms with Gasteiger partial charge in [0, 0.05) is 24.8 Å². The van der Waals surface area contributed by atoms with Gasteiger partial charge in [-0.3, -0.25) is 0 Å². The molecule has 6 heteroatoms. The minimum atomic E-state index is -2.39. The highest BCUT2D eigenvalue weighted by Gasteiger charge is 2.04. The Kier molecular flexibility index (Phi) is 6.44. The Bertz CT molecular complexity index is 294. The molecule has 16 heavy (non-hydrogen) atoms. The van der Waals surface area contributed by atoms with Gasteiger partial charge in [-0.1, -0.05) is 0 Å². The van der Waals surface area contributed by atoms with E-state index in [4.69, 9.17) is 4.74 Å². The van der Waals surface area contributed by atoms with E-state index in [1.807, 2.05) is 12.4 Å². The molecule has 1 N–H and O–H groups in total. The molecule has 1 aromatic heterocycles. The lowest BCUT2D eigenvalue weighted by atomic mass is 10.3. The topological polar surface area (TPSA) is 34.1 Å². The van der Waals surface area contributed by atoms with Crippen LogP contribution in [0.1, 0.15) is 10.7 Å². The molecule has 0 amide bonds. The summed E-state index contributed by atoms with van der Waals surface area (Å²) in [6.45, 7) is 0.715. The third-order valence-electron chi connectivity index (χ3n) is 1.93. The van der Waals surface area contributed by atoms with Crippen LogP contribution >= 0.6 is 11.3 Å². The van der Waals surface area contributed by atoms with E-state index in [1.54, 1.807) is 11.3 Å². The summed E-state index contributed by atoms with van der Waals surface area (Å²) in [7, 11) is 1.89. The molecule has 3 nitrogen and oxygen atoms in total. The molecule has 0 atom stereocenters. The molecule has 0 aliphatic rings. The fourth-order valence-electron chi connectivity index (χ4n) is 1.16. The Balaban J connectivity index is 2.19. The number of halogens is 2. The van der Waals surface area contributed by atoms with E-state index >= 15 is 0 Å². The van der Waals surface area contributed by atoms with E-state index in [-0.39, 0.29) is 0 Å². The summed E-state index contributed by atoms with van der Waals surface area (Å²) in [6, 6.07) is 0. The molecule has 0 spiro atoms. The first-order chi connectivity index (χ1) is 7.72. The molecule has 1 rings (SSSR count). The van der Waals surface area contributed by atoms with Crippen LogP contribution in [0.3, 0.4) is 0 Å². The second-order valence-corrected chi connectivity index (χ2v) is 4.24. The number of hydrogen-bond acceptors (Lipinski definition) is 4. The zero-order valence-corrected chi connectivity index (χ0v) is 10.0.